The number of carbonyl (C=O) groups excluding carboxylic acids is 1. The van der Waals surface area contributed by atoms with Gasteiger partial charge in [0.15, 0.2) is 6.61 Å². The second-order valence-electron chi connectivity index (χ2n) is 15.6. The van der Waals surface area contributed by atoms with E-state index < -0.39 is 29.7 Å². The van der Waals surface area contributed by atoms with Gasteiger partial charge in [-0.05, 0) is 60.9 Å². The number of nitrogens with one attached hydrogen (secondary N) is 2. The van der Waals surface area contributed by atoms with Crippen molar-refractivity contribution in [1.29, 1.82) is 5.26 Å². The van der Waals surface area contributed by atoms with Gasteiger partial charge in [0, 0.05) is 66.9 Å². The summed E-state index contributed by atoms with van der Waals surface area (Å²) in [6.07, 6.45) is 1.17. The molecular formula is C45H48ClF3N6O6. The molecular weight excluding hydrogens is 813 g/mol. The van der Waals surface area contributed by atoms with Crippen LogP contribution in [-0.2, 0) is 35.3 Å². The van der Waals surface area contributed by atoms with Crippen molar-refractivity contribution in [2.75, 3.05) is 26.8 Å². The summed E-state index contributed by atoms with van der Waals surface area (Å²) in [5.74, 6) is -1.25. The van der Waals surface area contributed by atoms with Gasteiger partial charge in [0.25, 0.3) is 0 Å². The average molecular weight is 861 g/mol. The maximum absolute atomic E-state index is 14.8. The summed E-state index contributed by atoms with van der Waals surface area (Å²) < 4.78 is 61.9. The summed E-state index contributed by atoms with van der Waals surface area (Å²) in [6.45, 7) is 1.02. The lowest BCUT2D eigenvalue weighted by Gasteiger charge is -2.34. The van der Waals surface area contributed by atoms with Crippen LogP contribution in [0, 0.1) is 11.3 Å². The summed E-state index contributed by atoms with van der Waals surface area (Å²) >= 11 is 7.16. The van der Waals surface area contributed by atoms with Crippen LogP contribution >= 0.6 is 11.6 Å². The van der Waals surface area contributed by atoms with Crippen molar-refractivity contribution in [1.82, 2.24) is 25.5 Å². The van der Waals surface area contributed by atoms with Gasteiger partial charge in [-0.2, -0.15) is 23.4 Å². The minimum atomic E-state index is -4.80. The fourth-order valence-electron chi connectivity index (χ4n) is 8.65. The fraction of sp³-hybridized carbons (Fsp3) is 0.444. The number of fused-ring (bicyclic) bond motifs is 1. The first-order valence-corrected chi connectivity index (χ1v) is 21.0. The van der Waals surface area contributed by atoms with Gasteiger partial charge in [-0.1, -0.05) is 73.3 Å². The number of hydrogen-bond acceptors (Lipinski definition) is 10. The van der Waals surface area contributed by atoms with Crippen LogP contribution < -0.4 is 24.8 Å². The molecule has 16 heteroatoms. The first kappa shape index (κ1) is 43.7. The summed E-state index contributed by atoms with van der Waals surface area (Å²) in [4.78, 5) is 34.1. The number of nitriles is 1. The van der Waals surface area contributed by atoms with Gasteiger partial charge in [-0.15, -0.1) is 0 Å². The molecule has 1 saturated heterocycles. The Balaban J connectivity index is 1.14. The van der Waals surface area contributed by atoms with Crippen LogP contribution in [0.15, 0.2) is 54.6 Å². The fourth-order valence-corrected chi connectivity index (χ4v) is 8.98. The molecule has 3 N–H and O–H groups in total. The predicted octanol–water partition coefficient (Wildman–Crippen LogP) is 8.44. The second kappa shape index (κ2) is 19.5. The Hall–Kier alpha value is -5.43. The number of carboxylic acids is 1. The van der Waals surface area contributed by atoms with Crippen molar-refractivity contribution in [3.8, 4) is 46.1 Å². The number of carbonyl (C=O) groups is 2. The molecule has 2 aromatic heterocycles. The average Bonchev–Trinajstić information content (AvgIpc) is 3.87. The van der Waals surface area contributed by atoms with Crippen LogP contribution in [0.3, 0.4) is 0 Å². The van der Waals surface area contributed by atoms with E-state index in [-0.39, 0.29) is 61.4 Å². The maximum Gasteiger partial charge on any atom is 0.421 e. The molecule has 2 aliphatic carbocycles. The number of hydrogen-bond donors (Lipinski definition) is 3. The number of alkyl halides is 3. The second-order valence-corrected chi connectivity index (χ2v) is 16.0. The highest BCUT2D eigenvalue weighted by atomic mass is 35.5. The van der Waals surface area contributed by atoms with Crippen molar-refractivity contribution in [3.63, 3.8) is 0 Å². The molecule has 3 heterocycles. The zero-order valence-electron chi connectivity index (χ0n) is 33.8. The van der Waals surface area contributed by atoms with Gasteiger partial charge in [0.1, 0.15) is 17.7 Å². The number of methoxy groups -OCH3 is 1. The van der Waals surface area contributed by atoms with Crippen LogP contribution in [0.2, 0.25) is 5.02 Å². The normalized spacial score (nSPS) is 17.8. The molecule has 1 amide bonds. The third kappa shape index (κ3) is 10.4. The van der Waals surface area contributed by atoms with E-state index in [2.05, 4.69) is 15.6 Å². The molecule has 0 spiro atoms. The van der Waals surface area contributed by atoms with E-state index in [1.807, 2.05) is 59.5 Å². The van der Waals surface area contributed by atoms with Crippen LogP contribution in [0.1, 0.15) is 91.7 Å². The Morgan fingerprint density at radius 3 is 2.48 bits per heavy atom. The third-order valence-electron chi connectivity index (χ3n) is 11.6. The number of aromatic nitrogens is 2. The SMILES string of the molecule is COc1nc(O[C@H]2CCc3c(-c4cccc(-c5ccc(CNC[C@@H]6CCC(=O)N6)c(OCC#N)n5)c4Cl)cccc32)c(C(F)(F)F)cc1CN(CCC(=O)O)C1CCCCC1. The van der Waals surface area contributed by atoms with E-state index >= 15 is 0 Å². The smallest absolute Gasteiger partial charge is 0.421 e. The quantitative estimate of drug-likeness (QED) is 0.0936. The Kier molecular flexibility index (Phi) is 14.0. The summed E-state index contributed by atoms with van der Waals surface area (Å²) in [5, 5.41) is 25.3. The van der Waals surface area contributed by atoms with E-state index in [1.54, 1.807) is 0 Å². The number of rotatable bonds is 17. The van der Waals surface area contributed by atoms with Gasteiger partial charge in [-0.25, -0.2) is 4.98 Å². The first-order chi connectivity index (χ1) is 29.4. The van der Waals surface area contributed by atoms with E-state index in [9.17, 15) is 33.1 Å². The molecule has 0 bridgehead atoms. The molecule has 12 nitrogen and oxygen atoms in total. The molecule has 0 radical (unpaired) electrons. The van der Waals surface area contributed by atoms with Crippen molar-refractivity contribution in [3.05, 3.63) is 87.4 Å². The number of benzene rings is 2. The predicted molar refractivity (Wildman–Crippen MR) is 221 cm³/mol. The molecule has 2 atom stereocenters. The number of amides is 1. The molecule has 2 aromatic carbocycles. The van der Waals surface area contributed by atoms with Gasteiger partial charge >= 0.3 is 12.1 Å². The highest BCUT2D eigenvalue weighted by Gasteiger charge is 2.39. The highest BCUT2D eigenvalue weighted by Crippen LogP contribution is 2.46. The minimum Gasteiger partial charge on any atom is -0.481 e. The van der Waals surface area contributed by atoms with E-state index in [4.69, 9.17) is 30.8 Å². The molecule has 4 aromatic rings. The Labute approximate surface area is 357 Å². The Morgan fingerprint density at radius 1 is 0.984 bits per heavy atom. The lowest BCUT2D eigenvalue weighted by molar-refractivity contribution is -0.140. The van der Waals surface area contributed by atoms with Crippen LogP contribution in [-0.4, -0.2) is 70.7 Å². The largest absolute Gasteiger partial charge is 0.481 e. The molecule has 322 valence electrons. The third-order valence-corrected chi connectivity index (χ3v) is 12.0. The number of aliphatic carboxylic acids is 1. The van der Waals surface area contributed by atoms with Crippen molar-refractivity contribution >= 4 is 23.5 Å². The molecule has 1 saturated carbocycles. The van der Waals surface area contributed by atoms with Crippen LogP contribution in [0.4, 0.5) is 13.2 Å². The van der Waals surface area contributed by atoms with Crippen molar-refractivity contribution in [2.24, 2.45) is 0 Å². The molecule has 0 unspecified atom stereocenters. The molecule has 2 fully saturated rings. The van der Waals surface area contributed by atoms with E-state index in [0.717, 1.165) is 61.3 Å². The van der Waals surface area contributed by atoms with Gasteiger partial charge in [-0.3, -0.25) is 14.5 Å². The van der Waals surface area contributed by atoms with Crippen molar-refractivity contribution < 1.29 is 42.1 Å². The lowest BCUT2D eigenvalue weighted by Crippen LogP contribution is -2.38. The Bertz CT molecular complexity index is 2280. The summed E-state index contributed by atoms with van der Waals surface area (Å²) in [6, 6.07) is 17.9. The summed E-state index contributed by atoms with van der Waals surface area (Å²) in [5.41, 5.74) is 4.16. The monoisotopic (exact) mass is 860 g/mol. The topological polar surface area (TPSA) is 159 Å². The first-order valence-electron chi connectivity index (χ1n) is 20.6. The van der Waals surface area contributed by atoms with Crippen LogP contribution in [0.5, 0.6) is 17.6 Å². The number of pyridine rings is 2. The van der Waals surface area contributed by atoms with Gasteiger partial charge < -0.3 is 30.0 Å². The molecule has 61 heavy (non-hydrogen) atoms. The lowest BCUT2D eigenvalue weighted by atomic mass is 9.93. The number of nitrogens with zero attached hydrogens (tertiary/aromatic N) is 4. The molecule has 1 aliphatic heterocycles. The zero-order chi connectivity index (χ0) is 43.1. The van der Waals surface area contributed by atoms with Crippen LogP contribution in [0.25, 0.3) is 22.4 Å². The van der Waals surface area contributed by atoms with Gasteiger partial charge in [0.05, 0.1) is 24.2 Å². The zero-order valence-corrected chi connectivity index (χ0v) is 34.6. The summed E-state index contributed by atoms with van der Waals surface area (Å²) in [7, 11) is 1.35. The number of ether oxygens (including phenoxy) is 3. The molecule has 3 aliphatic rings. The van der Waals surface area contributed by atoms with E-state index in [0.29, 0.717) is 59.8 Å². The number of carboxylic acid groups (broad SMARTS) is 1. The standard InChI is InChI=1S/C45H48ClF3N6O6/c1-59-42-28(26-55(21-19-40(57)58)30-7-3-2-4-8-30)23-36(45(47,48)49)44(54-42)61-38-17-15-32-31(9-5-10-33(32)38)34-11-6-12-35(41(34)46)37-16-13-27(43(53-37)60-22-20-50)24-51-25-29-14-18-39(56)52-29/h5-6,9-13,16,23,29-30,38,51H,2-4,7-8,14-15,17-19,21-22,24-26H2,1H3,(H,52,56)(H,57,58)/t29-,38-/m0/s1. The molecule has 7 rings (SSSR count). The minimum absolute atomic E-state index is 0.00662. The van der Waals surface area contributed by atoms with Crippen molar-refractivity contribution in [2.45, 2.75) is 102 Å². The number of halogens is 4. The highest BCUT2D eigenvalue weighted by molar-refractivity contribution is 6.36. The van der Waals surface area contributed by atoms with E-state index in [1.165, 1.54) is 7.11 Å². The Morgan fingerprint density at radius 2 is 1.75 bits per heavy atom. The maximum atomic E-state index is 14.8. The van der Waals surface area contributed by atoms with Gasteiger partial charge in [0.2, 0.25) is 23.5 Å².